The summed E-state index contributed by atoms with van der Waals surface area (Å²) in [6, 6.07) is 15.0. The summed E-state index contributed by atoms with van der Waals surface area (Å²) in [6.07, 6.45) is -4.38. The van der Waals surface area contributed by atoms with E-state index < -0.39 is 11.7 Å². The summed E-state index contributed by atoms with van der Waals surface area (Å²) in [5.41, 5.74) is 6.36. The maximum Gasteiger partial charge on any atom is 0.416 e. The number of carbonyl (C=O) groups is 1. The number of rotatable bonds is 5. The summed E-state index contributed by atoms with van der Waals surface area (Å²) < 4.78 is 38.4. The number of nitrogens with zero attached hydrogens (tertiary/aromatic N) is 1. The standard InChI is InChI=1S/C20H21F3N2OS.ClH/c21-20(22,23)16-7-4-8-17(9-16)27-13-19(26)25-11-15(10-24)18(12-25)14-5-2-1-3-6-14;/h1-9,15,18H,10-13,24H2;1H/t15-,18+;/m1./s1. The summed E-state index contributed by atoms with van der Waals surface area (Å²) >= 11 is 1.13. The summed E-state index contributed by atoms with van der Waals surface area (Å²) in [6.45, 7) is 1.66. The van der Waals surface area contributed by atoms with Crippen LogP contribution in [-0.2, 0) is 11.0 Å². The minimum absolute atomic E-state index is 0. The lowest BCUT2D eigenvalue weighted by Crippen LogP contribution is -2.31. The molecule has 152 valence electrons. The number of benzene rings is 2. The summed E-state index contributed by atoms with van der Waals surface area (Å²) in [4.78, 5) is 14.8. The van der Waals surface area contributed by atoms with Gasteiger partial charge in [-0.05, 0) is 36.2 Å². The van der Waals surface area contributed by atoms with Gasteiger partial charge < -0.3 is 10.6 Å². The molecule has 0 unspecified atom stereocenters. The smallest absolute Gasteiger partial charge is 0.341 e. The average molecular weight is 431 g/mol. The number of amides is 1. The number of halogens is 4. The summed E-state index contributed by atoms with van der Waals surface area (Å²) in [5.74, 6) is 0.419. The van der Waals surface area contributed by atoms with Gasteiger partial charge >= 0.3 is 6.18 Å². The number of thioether (sulfide) groups is 1. The van der Waals surface area contributed by atoms with E-state index in [0.717, 1.165) is 29.5 Å². The number of hydrogen-bond donors (Lipinski definition) is 1. The second-order valence-corrected chi connectivity index (χ2v) is 7.67. The van der Waals surface area contributed by atoms with Crippen LogP contribution in [0.4, 0.5) is 13.2 Å². The van der Waals surface area contributed by atoms with Crippen LogP contribution in [0.15, 0.2) is 59.5 Å². The van der Waals surface area contributed by atoms with Crippen LogP contribution in [0.2, 0.25) is 0 Å². The third-order valence-corrected chi connectivity index (χ3v) is 5.83. The first-order chi connectivity index (χ1) is 12.9. The van der Waals surface area contributed by atoms with E-state index in [-0.39, 0.29) is 35.9 Å². The lowest BCUT2D eigenvalue weighted by molar-refractivity contribution is -0.137. The topological polar surface area (TPSA) is 46.3 Å². The van der Waals surface area contributed by atoms with E-state index in [0.29, 0.717) is 24.5 Å². The molecule has 1 fully saturated rings. The Bertz CT molecular complexity index is 789. The zero-order valence-corrected chi connectivity index (χ0v) is 16.7. The average Bonchev–Trinajstić information content (AvgIpc) is 3.11. The number of likely N-dealkylation sites (tertiary alicyclic amines) is 1. The van der Waals surface area contributed by atoms with Gasteiger partial charge in [-0.25, -0.2) is 0 Å². The lowest BCUT2D eigenvalue weighted by atomic mass is 9.89. The molecule has 0 spiro atoms. The van der Waals surface area contributed by atoms with Crippen molar-refractivity contribution in [2.45, 2.75) is 17.0 Å². The van der Waals surface area contributed by atoms with Gasteiger partial charge in [-0.3, -0.25) is 4.79 Å². The third kappa shape index (κ3) is 5.43. The molecule has 1 aliphatic heterocycles. The first kappa shape index (κ1) is 22.6. The van der Waals surface area contributed by atoms with E-state index >= 15 is 0 Å². The van der Waals surface area contributed by atoms with E-state index in [1.165, 1.54) is 6.07 Å². The number of nitrogens with two attached hydrogens (primary N) is 1. The molecule has 0 aliphatic carbocycles. The van der Waals surface area contributed by atoms with Gasteiger partial charge in [0.1, 0.15) is 0 Å². The van der Waals surface area contributed by atoms with Gasteiger partial charge in [0.2, 0.25) is 5.91 Å². The second kappa shape index (κ2) is 9.67. The SMILES string of the molecule is Cl.NC[C@@H]1CN(C(=O)CSc2cccc(C(F)(F)F)c2)C[C@H]1c1ccccc1. The van der Waals surface area contributed by atoms with E-state index in [1.807, 2.05) is 30.3 Å². The van der Waals surface area contributed by atoms with E-state index in [2.05, 4.69) is 0 Å². The molecule has 0 bridgehead atoms. The third-order valence-electron chi connectivity index (χ3n) is 4.85. The van der Waals surface area contributed by atoms with Crippen molar-refractivity contribution in [2.75, 3.05) is 25.4 Å². The highest BCUT2D eigenvalue weighted by molar-refractivity contribution is 8.00. The largest absolute Gasteiger partial charge is 0.416 e. The van der Waals surface area contributed by atoms with Gasteiger partial charge in [0.25, 0.3) is 0 Å². The molecule has 2 aromatic carbocycles. The molecular formula is C20H22ClF3N2OS. The van der Waals surface area contributed by atoms with Crippen molar-refractivity contribution in [2.24, 2.45) is 11.7 Å². The molecule has 28 heavy (non-hydrogen) atoms. The highest BCUT2D eigenvalue weighted by atomic mass is 35.5. The van der Waals surface area contributed by atoms with Crippen LogP contribution in [0, 0.1) is 5.92 Å². The Morgan fingerprint density at radius 2 is 1.82 bits per heavy atom. The first-order valence-electron chi connectivity index (χ1n) is 8.71. The first-order valence-corrected chi connectivity index (χ1v) is 9.70. The van der Waals surface area contributed by atoms with Crippen molar-refractivity contribution >= 4 is 30.1 Å². The fourth-order valence-electron chi connectivity index (χ4n) is 3.39. The highest BCUT2D eigenvalue weighted by Crippen LogP contribution is 2.34. The normalized spacial score (nSPS) is 19.4. The van der Waals surface area contributed by atoms with Crippen LogP contribution in [0.1, 0.15) is 17.0 Å². The van der Waals surface area contributed by atoms with Crippen molar-refractivity contribution in [3.8, 4) is 0 Å². The van der Waals surface area contributed by atoms with Crippen LogP contribution in [0.25, 0.3) is 0 Å². The van der Waals surface area contributed by atoms with Crippen LogP contribution in [-0.4, -0.2) is 36.2 Å². The van der Waals surface area contributed by atoms with Crippen molar-refractivity contribution in [1.82, 2.24) is 4.90 Å². The molecule has 2 atom stereocenters. The Balaban J connectivity index is 0.00000280. The maximum absolute atomic E-state index is 12.8. The van der Waals surface area contributed by atoms with Crippen LogP contribution in [0.5, 0.6) is 0 Å². The van der Waals surface area contributed by atoms with Crippen molar-refractivity contribution < 1.29 is 18.0 Å². The Morgan fingerprint density at radius 3 is 2.46 bits per heavy atom. The molecule has 0 radical (unpaired) electrons. The Morgan fingerprint density at radius 1 is 1.11 bits per heavy atom. The molecule has 0 aromatic heterocycles. The van der Waals surface area contributed by atoms with Gasteiger partial charge in [0.05, 0.1) is 11.3 Å². The molecule has 1 aliphatic rings. The van der Waals surface area contributed by atoms with Gasteiger partial charge in [0, 0.05) is 23.9 Å². The number of alkyl halides is 3. The Kier molecular flexibility index (Phi) is 7.80. The quantitative estimate of drug-likeness (QED) is 0.714. The second-order valence-electron chi connectivity index (χ2n) is 6.63. The molecule has 8 heteroatoms. The van der Waals surface area contributed by atoms with Crippen molar-refractivity contribution in [3.05, 3.63) is 65.7 Å². The molecule has 0 saturated carbocycles. The fraction of sp³-hybridized carbons (Fsp3) is 0.350. The lowest BCUT2D eigenvalue weighted by Gasteiger charge is -2.17. The highest BCUT2D eigenvalue weighted by Gasteiger charge is 2.35. The molecule has 1 heterocycles. The molecule has 1 saturated heterocycles. The fourth-order valence-corrected chi connectivity index (χ4v) is 4.25. The van der Waals surface area contributed by atoms with Crippen LogP contribution < -0.4 is 5.73 Å². The molecule has 3 rings (SSSR count). The minimum atomic E-state index is -4.38. The van der Waals surface area contributed by atoms with Crippen LogP contribution in [0.3, 0.4) is 0 Å². The van der Waals surface area contributed by atoms with Gasteiger partial charge in [-0.15, -0.1) is 24.2 Å². The number of carbonyl (C=O) groups excluding carboxylic acids is 1. The maximum atomic E-state index is 12.8. The predicted octanol–water partition coefficient (Wildman–Crippen LogP) is 4.42. The molecule has 1 amide bonds. The van der Waals surface area contributed by atoms with Gasteiger partial charge in [0.15, 0.2) is 0 Å². The molecule has 3 nitrogen and oxygen atoms in total. The Labute approximate surface area is 172 Å². The summed E-state index contributed by atoms with van der Waals surface area (Å²) in [7, 11) is 0. The Hall–Kier alpha value is -1.70. The predicted molar refractivity (Wildman–Crippen MR) is 108 cm³/mol. The minimum Gasteiger partial charge on any atom is -0.341 e. The summed E-state index contributed by atoms with van der Waals surface area (Å²) in [5, 5.41) is 0. The van der Waals surface area contributed by atoms with E-state index in [1.54, 1.807) is 11.0 Å². The molecule has 2 N–H and O–H groups in total. The van der Waals surface area contributed by atoms with Crippen molar-refractivity contribution in [1.29, 1.82) is 0 Å². The van der Waals surface area contributed by atoms with Gasteiger partial charge in [-0.1, -0.05) is 36.4 Å². The molecule has 2 aromatic rings. The monoisotopic (exact) mass is 430 g/mol. The van der Waals surface area contributed by atoms with Gasteiger partial charge in [-0.2, -0.15) is 13.2 Å². The zero-order valence-electron chi connectivity index (χ0n) is 15.1. The van der Waals surface area contributed by atoms with Crippen molar-refractivity contribution in [3.63, 3.8) is 0 Å². The molecular weight excluding hydrogens is 409 g/mol. The number of hydrogen-bond acceptors (Lipinski definition) is 3. The van der Waals surface area contributed by atoms with E-state index in [4.69, 9.17) is 5.73 Å². The van der Waals surface area contributed by atoms with Crippen LogP contribution >= 0.6 is 24.2 Å². The zero-order chi connectivity index (χ0) is 19.4. The van der Waals surface area contributed by atoms with E-state index in [9.17, 15) is 18.0 Å².